The van der Waals surface area contributed by atoms with E-state index in [2.05, 4.69) is 175 Å². The summed E-state index contributed by atoms with van der Waals surface area (Å²) in [7, 11) is 0. The molecule has 4 heteroatoms. The Bertz CT molecular complexity index is 3180. The molecule has 0 amide bonds. The third kappa shape index (κ3) is 6.24. The molecule has 0 fully saturated rings. The summed E-state index contributed by atoms with van der Waals surface area (Å²) in [5, 5.41) is 2.14. The van der Waals surface area contributed by atoms with Crippen molar-refractivity contribution in [3.8, 4) is 101 Å². The van der Waals surface area contributed by atoms with Crippen LogP contribution in [0, 0.1) is 0 Å². The van der Waals surface area contributed by atoms with Crippen LogP contribution in [-0.4, -0.2) is 15.0 Å². The fourth-order valence-electron chi connectivity index (χ4n) is 8.35. The second kappa shape index (κ2) is 14.5. The maximum Gasteiger partial charge on any atom is 0.160 e. The van der Waals surface area contributed by atoms with Gasteiger partial charge in [-0.1, -0.05) is 170 Å². The Labute approximate surface area is 342 Å². The molecule has 0 saturated heterocycles. The van der Waals surface area contributed by atoms with Crippen LogP contribution < -0.4 is 4.74 Å². The first kappa shape index (κ1) is 34.3. The number of rotatable bonds is 4. The monoisotopic (exact) mass is 753 g/mol. The maximum absolute atomic E-state index is 7.21. The summed E-state index contributed by atoms with van der Waals surface area (Å²) in [5.41, 5.74) is 15.5. The Morgan fingerprint density at radius 2 is 0.881 bits per heavy atom. The molecule has 0 radical (unpaired) electrons. The van der Waals surface area contributed by atoms with Crippen LogP contribution in [0.15, 0.2) is 213 Å². The summed E-state index contributed by atoms with van der Waals surface area (Å²) in [6, 6.07) is 70.2. The highest BCUT2D eigenvalue weighted by atomic mass is 16.5. The number of fused-ring (bicyclic) bond motifs is 11. The van der Waals surface area contributed by atoms with Gasteiger partial charge in [0, 0.05) is 45.6 Å². The van der Waals surface area contributed by atoms with E-state index in [1.165, 1.54) is 0 Å². The standard InChI is InChI=1S/C55H35N3O/c1-2-14-38(15-3-1)51-34-52(39-26-24-36(25-27-39)41-16-12-32-56-35-41)58-55(57-51)40-29-30-47-45-20-7-6-18-43(45)44-19-8-9-21-46(44)48-22-10-11-23-53(48)59-54-42-17-5-4-13-37(42)28-31-49(54)50(47)33-40/h1-35H. The van der Waals surface area contributed by atoms with Crippen LogP contribution in [0.4, 0.5) is 0 Å². The lowest BCUT2D eigenvalue weighted by Gasteiger charge is -2.19. The fourth-order valence-corrected chi connectivity index (χ4v) is 8.35. The molecule has 4 nitrogen and oxygen atoms in total. The van der Waals surface area contributed by atoms with E-state index in [1.807, 2.05) is 36.5 Å². The van der Waals surface area contributed by atoms with Crippen molar-refractivity contribution in [3.05, 3.63) is 213 Å². The molecule has 0 bridgehead atoms. The predicted molar refractivity (Wildman–Crippen MR) is 241 cm³/mol. The van der Waals surface area contributed by atoms with Gasteiger partial charge in [-0.05, 0) is 80.2 Å². The van der Waals surface area contributed by atoms with Crippen LogP contribution in [0.1, 0.15) is 0 Å². The number of benzene rings is 8. The van der Waals surface area contributed by atoms with Crippen molar-refractivity contribution in [2.45, 2.75) is 0 Å². The number of hydrogen-bond donors (Lipinski definition) is 0. The van der Waals surface area contributed by atoms with Gasteiger partial charge < -0.3 is 4.74 Å². The van der Waals surface area contributed by atoms with Crippen molar-refractivity contribution in [3.63, 3.8) is 0 Å². The summed E-state index contributed by atoms with van der Waals surface area (Å²) in [6.45, 7) is 0. The zero-order valence-electron chi connectivity index (χ0n) is 32.0. The Morgan fingerprint density at radius 1 is 0.339 bits per heavy atom. The smallest absolute Gasteiger partial charge is 0.160 e. The van der Waals surface area contributed by atoms with Gasteiger partial charge >= 0.3 is 0 Å². The predicted octanol–water partition coefficient (Wildman–Crippen LogP) is 14.5. The lowest BCUT2D eigenvalue weighted by atomic mass is 9.85. The van der Waals surface area contributed by atoms with Crippen LogP contribution in [0.5, 0.6) is 11.5 Å². The molecule has 276 valence electrons. The topological polar surface area (TPSA) is 47.9 Å². The van der Waals surface area contributed by atoms with E-state index < -0.39 is 0 Å². The van der Waals surface area contributed by atoms with Gasteiger partial charge in [-0.25, -0.2) is 9.97 Å². The summed E-state index contributed by atoms with van der Waals surface area (Å²) < 4.78 is 7.21. The highest BCUT2D eigenvalue weighted by Gasteiger charge is 2.24. The largest absolute Gasteiger partial charge is 0.455 e. The molecule has 10 aromatic rings. The Kier molecular flexibility index (Phi) is 8.45. The van der Waals surface area contributed by atoms with Gasteiger partial charge in [0.25, 0.3) is 0 Å². The molecule has 0 atom stereocenters. The first-order valence-corrected chi connectivity index (χ1v) is 19.8. The van der Waals surface area contributed by atoms with Gasteiger partial charge in [-0.2, -0.15) is 0 Å². The number of ether oxygens (including phenoxy) is 1. The third-order valence-electron chi connectivity index (χ3n) is 11.2. The number of para-hydroxylation sites is 1. The minimum Gasteiger partial charge on any atom is -0.455 e. The fraction of sp³-hybridized carbons (Fsp3) is 0. The van der Waals surface area contributed by atoms with E-state index in [4.69, 9.17) is 14.7 Å². The number of hydrogen-bond acceptors (Lipinski definition) is 4. The van der Waals surface area contributed by atoms with Gasteiger partial charge in [-0.3, -0.25) is 4.98 Å². The SMILES string of the molecule is c1ccc(-c2cc(-c3ccc(-c4cccnc4)cc3)nc(-c3ccc4c(c3)-c3ccc5ccccc5c3Oc3ccccc3-c3ccccc3-c3ccccc3-4)n2)cc1. The molecular weight excluding hydrogens is 719 g/mol. The quantitative estimate of drug-likeness (QED) is 0.180. The normalized spacial score (nSPS) is 11.5. The Morgan fingerprint density at radius 3 is 1.59 bits per heavy atom. The van der Waals surface area contributed by atoms with E-state index in [0.717, 1.165) is 106 Å². The lowest BCUT2D eigenvalue weighted by Crippen LogP contribution is -1.98. The van der Waals surface area contributed by atoms with E-state index >= 15 is 0 Å². The van der Waals surface area contributed by atoms with Gasteiger partial charge in [0.1, 0.15) is 11.5 Å². The minimum absolute atomic E-state index is 0.641. The molecular formula is C55H35N3O. The van der Waals surface area contributed by atoms with Gasteiger partial charge in [-0.15, -0.1) is 0 Å². The molecule has 0 aliphatic carbocycles. The average Bonchev–Trinajstić information content (AvgIpc) is 3.33. The van der Waals surface area contributed by atoms with E-state index in [0.29, 0.717) is 5.82 Å². The number of pyridine rings is 1. The Balaban J connectivity index is 1.17. The van der Waals surface area contributed by atoms with Crippen LogP contribution in [-0.2, 0) is 0 Å². The van der Waals surface area contributed by atoms with Gasteiger partial charge in [0.2, 0.25) is 0 Å². The molecule has 0 saturated carbocycles. The van der Waals surface area contributed by atoms with Crippen LogP contribution >= 0.6 is 0 Å². The summed E-state index contributed by atoms with van der Waals surface area (Å²) in [4.78, 5) is 14.9. The summed E-state index contributed by atoms with van der Waals surface area (Å²) >= 11 is 0. The van der Waals surface area contributed by atoms with Crippen molar-refractivity contribution < 1.29 is 4.74 Å². The zero-order valence-corrected chi connectivity index (χ0v) is 32.0. The van der Waals surface area contributed by atoms with Crippen LogP contribution in [0.2, 0.25) is 0 Å². The molecule has 59 heavy (non-hydrogen) atoms. The number of nitrogens with zero attached hydrogens (tertiary/aromatic N) is 3. The lowest BCUT2D eigenvalue weighted by molar-refractivity contribution is 0.492. The molecule has 2 aromatic heterocycles. The first-order valence-electron chi connectivity index (χ1n) is 19.8. The molecule has 8 aromatic carbocycles. The molecule has 1 aliphatic heterocycles. The molecule has 1 aliphatic rings. The highest BCUT2D eigenvalue weighted by Crippen LogP contribution is 2.50. The van der Waals surface area contributed by atoms with Crippen molar-refractivity contribution in [2.75, 3.05) is 0 Å². The van der Waals surface area contributed by atoms with E-state index in [1.54, 1.807) is 6.20 Å². The summed E-state index contributed by atoms with van der Waals surface area (Å²) in [5.74, 6) is 2.24. The molecule has 0 unspecified atom stereocenters. The molecule has 0 N–H and O–H groups in total. The van der Waals surface area contributed by atoms with E-state index in [9.17, 15) is 0 Å². The van der Waals surface area contributed by atoms with Crippen molar-refractivity contribution in [1.29, 1.82) is 0 Å². The molecule has 0 spiro atoms. The van der Waals surface area contributed by atoms with Crippen molar-refractivity contribution in [1.82, 2.24) is 15.0 Å². The number of aromatic nitrogens is 3. The van der Waals surface area contributed by atoms with Gasteiger partial charge in [0.05, 0.1) is 11.4 Å². The first-order chi connectivity index (χ1) is 29.2. The highest BCUT2D eigenvalue weighted by molar-refractivity contribution is 6.03. The van der Waals surface area contributed by atoms with Crippen molar-refractivity contribution >= 4 is 10.8 Å². The molecule has 11 rings (SSSR count). The van der Waals surface area contributed by atoms with Gasteiger partial charge in [0.15, 0.2) is 5.82 Å². The molecule has 3 heterocycles. The Hall–Kier alpha value is -7.95. The van der Waals surface area contributed by atoms with Crippen LogP contribution in [0.3, 0.4) is 0 Å². The van der Waals surface area contributed by atoms with Crippen molar-refractivity contribution in [2.24, 2.45) is 0 Å². The zero-order chi connectivity index (χ0) is 39.1. The average molecular weight is 754 g/mol. The minimum atomic E-state index is 0.641. The van der Waals surface area contributed by atoms with E-state index in [-0.39, 0.29) is 0 Å². The van der Waals surface area contributed by atoms with Crippen LogP contribution in [0.25, 0.3) is 100 Å². The summed E-state index contributed by atoms with van der Waals surface area (Å²) in [6.07, 6.45) is 3.68. The second-order valence-corrected chi connectivity index (χ2v) is 14.8. The third-order valence-corrected chi connectivity index (χ3v) is 11.2. The maximum atomic E-state index is 7.21. The second-order valence-electron chi connectivity index (χ2n) is 14.8.